The highest BCUT2D eigenvalue weighted by Crippen LogP contribution is 2.41. The van der Waals surface area contributed by atoms with Crippen molar-refractivity contribution >= 4 is 0 Å². The van der Waals surface area contributed by atoms with Crippen molar-refractivity contribution in [2.75, 3.05) is 21.3 Å². The van der Waals surface area contributed by atoms with E-state index < -0.39 is 0 Å². The Kier molecular flexibility index (Phi) is 4.35. The number of hydrogen-bond donors (Lipinski definition) is 0. The summed E-state index contributed by atoms with van der Waals surface area (Å²) in [5, 5.41) is 0. The summed E-state index contributed by atoms with van der Waals surface area (Å²) in [7, 11) is 4.70. The van der Waals surface area contributed by atoms with Crippen LogP contribution in [0.4, 0.5) is 0 Å². The minimum Gasteiger partial charge on any atom is -0.493 e. The molecule has 0 saturated carbocycles. The number of rotatable bonds is 5. The van der Waals surface area contributed by atoms with E-state index in [1.54, 1.807) is 33.5 Å². The number of methoxy groups -OCH3 is 3. The van der Waals surface area contributed by atoms with Crippen LogP contribution in [0.2, 0.25) is 0 Å². The Balaban J connectivity index is 2.34. The molecular formula is C16H17O4. The lowest BCUT2D eigenvalue weighted by atomic mass is 10.2. The molecule has 4 heteroatoms. The van der Waals surface area contributed by atoms with Crippen LogP contribution < -0.4 is 18.9 Å². The Labute approximate surface area is 118 Å². The molecule has 20 heavy (non-hydrogen) atoms. The van der Waals surface area contributed by atoms with Gasteiger partial charge in [0.05, 0.1) is 21.3 Å². The summed E-state index contributed by atoms with van der Waals surface area (Å²) in [6, 6.07) is 11.0. The van der Waals surface area contributed by atoms with E-state index >= 15 is 0 Å². The molecule has 105 valence electrons. The van der Waals surface area contributed by atoms with E-state index in [9.17, 15) is 0 Å². The molecule has 0 saturated heterocycles. The average molecular weight is 273 g/mol. The Morgan fingerprint density at radius 1 is 0.750 bits per heavy atom. The van der Waals surface area contributed by atoms with Gasteiger partial charge in [0.1, 0.15) is 11.5 Å². The van der Waals surface area contributed by atoms with Gasteiger partial charge in [-0.2, -0.15) is 0 Å². The first-order valence-corrected chi connectivity index (χ1v) is 6.07. The lowest BCUT2D eigenvalue weighted by molar-refractivity contribution is 0.321. The zero-order valence-electron chi connectivity index (χ0n) is 11.8. The van der Waals surface area contributed by atoms with Crippen molar-refractivity contribution in [2.45, 2.75) is 0 Å². The standard InChI is InChI=1S/C16H17O4/c1-11-5-7-12(8-6-11)20-13-9-14(17-2)16(19-4)15(10-13)18-3/h5-10H,1H2,2-4H3. The second-order valence-electron chi connectivity index (χ2n) is 4.11. The molecule has 0 aliphatic carbocycles. The van der Waals surface area contributed by atoms with E-state index in [2.05, 4.69) is 6.92 Å². The lowest BCUT2D eigenvalue weighted by Gasteiger charge is -2.14. The minimum atomic E-state index is 0.537. The zero-order chi connectivity index (χ0) is 14.5. The number of hydrogen-bond acceptors (Lipinski definition) is 4. The van der Waals surface area contributed by atoms with E-state index in [-0.39, 0.29) is 0 Å². The first-order valence-electron chi connectivity index (χ1n) is 6.07. The monoisotopic (exact) mass is 273 g/mol. The SMILES string of the molecule is [CH2]c1ccc(Oc2cc(OC)c(OC)c(OC)c2)cc1. The van der Waals surface area contributed by atoms with Gasteiger partial charge in [-0.05, 0) is 24.6 Å². The summed E-state index contributed by atoms with van der Waals surface area (Å²) in [6.07, 6.45) is 0. The van der Waals surface area contributed by atoms with Gasteiger partial charge in [0.25, 0.3) is 0 Å². The van der Waals surface area contributed by atoms with Crippen molar-refractivity contribution in [3.8, 4) is 28.7 Å². The van der Waals surface area contributed by atoms with Crippen LogP contribution in [0.5, 0.6) is 28.7 Å². The van der Waals surface area contributed by atoms with Gasteiger partial charge in [0.15, 0.2) is 11.5 Å². The molecule has 0 heterocycles. The largest absolute Gasteiger partial charge is 0.493 e. The van der Waals surface area contributed by atoms with Crippen LogP contribution in [-0.2, 0) is 0 Å². The minimum absolute atomic E-state index is 0.537. The molecule has 2 aromatic carbocycles. The molecule has 0 atom stereocenters. The lowest BCUT2D eigenvalue weighted by Crippen LogP contribution is -1.96. The maximum Gasteiger partial charge on any atom is 0.203 e. The van der Waals surface area contributed by atoms with Crippen LogP contribution in [0.15, 0.2) is 36.4 Å². The molecule has 0 aromatic heterocycles. The summed E-state index contributed by atoms with van der Waals surface area (Å²) in [6.45, 7) is 3.83. The summed E-state index contributed by atoms with van der Waals surface area (Å²) >= 11 is 0. The van der Waals surface area contributed by atoms with E-state index in [4.69, 9.17) is 18.9 Å². The highest BCUT2D eigenvalue weighted by Gasteiger charge is 2.14. The van der Waals surface area contributed by atoms with Gasteiger partial charge in [-0.25, -0.2) is 0 Å². The summed E-state index contributed by atoms with van der Waals surface area (Å²) in [4.78, 5) is 0. The normalized spacial score (nSPS) is 10.0. The fourth-order valence-corrected chi connectivity index (χ4v) is 1.81. The van der Waals surface area contributed by atoms with Crippen molar-refractivity contribution in [1.82, 2.24) is 0 Å². The molecule has 0 N–H and O–H groups in total. The Hall–Kier alpha value is -2.36. The molecule has 1 radical (unpaired) electrons. The van der Waals surface area contributed by atoms with Gasteiger partial charge < -0.3 is 18.9 Å². The smallest absolute Gasteiger partial charge is 0.203 e. The van der Waals surface area contributed by atoms with Crippen LogP contribution in [0.25, 0.3) is 0 Å². The van der Waals surface area contributed by atoms with Crippen LogP contribution in [0.1, 0.15) is 5.56 Å². The van der Waals surface area contributed by atoms with Crippen molar-refractivity contribution in [1.29, 1.82) is 0 Å². The maximum absolute atomic E-state index is 5.77. The Morgan fingerprint density at radius 3 is 1.75 bits per heavy atom. The van der Waals surface area contributed by atoms with Crippen LogP contribution in [-0.4, -0.2) is 21.3 Å². The van der Waals surface area contributed by atoms with Gasteiger partial charge in [-0.1, -0.05) is 12.1 Å². The van der Waals surface area contributed by atoms with E-state index in [0.717, 1.165) is 5.56 Å². The predicted octanol–water partition coefficient (Wildman–Crippen LogP) is 3.69. The second-order valence-corrected chi connectivity index (χ2v) is 4.11. The predicted molar refractivity (Wildman–Crippen MR) is 77.1 cm³/mol. The fraction of sp³-hybridized carbons (Fsp3) is 0.188. The molecule has 0 fully saturated rings. The molecular weight excluding hydrogens is 256 g/mol. The first kappa shape index (κ1) is 14.1. The molecule has 2 aromatic rings. The average Bonchev–Trinajstić information content (AvgIpc) is 2.48. The van der Waals surface area contributed by atoms with E-state index in [1.807, 2.05) is 24.3 Å². The van der Waals surface area contributed by atoms with Crippen molar-refractivity contribution in [3.63, 3.8) is 0 Å². The third kappa shape index (κ3) is 2.96. The third-order valence-corrected chi connectivity index (χ3v) is 2.80. The van der Waals surface area contributed by atoms with Gasteiger partial charge in [-0.15, -0.1) is 0 Å². The fourth-order valence-electron chi connectivity index (χ4n) is 1.81. The van der Waals surface area contributed by atoms with E-state index in [0.29, 0.717) is 28.7 Å². The highest BCUT2D eigenvalue weighted by molar-refractivity contribution is 5.56. The van der Waals surface area contributed by atoms with Crippen LogP contribution in [0.3, 0.4) is 0 Å². The molecule has 0 amide bonds. The molecule has 0 aliphatic heterocycles. The number of ether oxygens (including phenoxy) is 4. The molecule has 0 bridgehead atoms. The van der Waals surface area contributed by atoms with Gasteiger partial charge >= 0.3 is 0 Å². The van der Waals surface area contributed by atoms with Crippen molar-refractivity contribution < 1.29 is 18.9 Å². The quantitative estimate of drug-likeness (QED) is 0.832. The Bertz CT molecular complexity index is 551. The Morgan fingerprint density at radius 2 is 1.30 bits per heavy atom. The van der Waals surface area contributed by atoms with Crippen molar-refractivity contribution in [3.05, 3.63) is 48.9 Å². The highest BCUT2D eigenvalue weighted by atomic mass is 16.5. The molecule has 4 nitrogen and oxygen atoms in total. The second kappa shape index (κ2) is 6.19. The summed E-state index contributed by atoms with van der Waals surface area (Å²) < 4.78 is 21.6. The maximum atomic E-state index is 5.77. The number of benzene rings is 2. The van der Waals surface area contributed by atoms with Crippen LogP contribution in [0, 0.1) is 6.92 Å². The summed E-state index contributed by atoms with van der Waals surface area (Å²) in [5.74, 6) is 2.96. The summed E-state index contributed by atoms with van der Waals surface area (Å²) in [5.41, 5.74) is 0.933. The van der Waals surface area contributed by atoms with Crippen molar-refractivity contribution in [2.24, 2.45) is 0 Å². The van der Waals surface area contributed by atoms with Crippen LogP contribution >= 0.6 is 0 Å². The zero-order valence-corrected chi connectivity index (χ0v) is 11.8. The topological polar surface area (TPSA) is 36.9 Å². The molecule has 0 spiro atoms. The van der Waals surface area contributed by atoms with E-state index in [1.165, 1.54) is 0 Å². The first-order chi connectivity index (χ1) is 9.67. The molecule has 2 rings (SSSR count). The molecule has 0 unspecified atom stereocenters. The van der Waals surface area contributed by atoms with Gasteiger partial charge in [0, 0.05) is 12.1 Å². The third-order valence-electron chi connectivity index (χ3n) is 2.80. The molecule has 0 aliphatic rings. The van der Waals surface area contributed by atoms with Gasteiger partial charge in [-0.3, -0.25) is 0 Å². The van der Waals surface area contributed by atoms with Gasteiger partial charge in [0.2, 0.25) is 5.75 Å².